The molecule has 1 aliphatic heterocycles. The Balaban J connectivity index is 2.16. The van der Waals surface area contributed by atoms with E-state index in [1.165, 1.54) is 10.9 Å². The third-order valence-electron chi connectivity index (χ3n) is 3.30. The van der Waals surface area contributed by atoms with Crippen molar-refractivity contribution in [3.63, 3.8) is 0 Å². The highest BCUT2D eigenvalue weighted by atomic mass is 16.5. The monoisotopic (exact) mass is 282 g/mol. The van der Waals surface area contributed by atoms with Gasteiger partial charge in [-0.25, -0.2) is 9.66 Å². The van der Waals surface area contributed by atoms with Crippen LogP contribution in [0.15, 0.2) is 11.1 Å². The lowest BCUT2D eigenvalue weighted by atomic mass is 10.2. The standard InChI is InChI=1S/C10H14N6O4/c11-10-14-7(19)6-8(16(10)12)15(3-13-6)9-5(18)1-4(2-17)20-9/h3-5,9,17-18H,1-2,12H2,(H2,11,14,19)/t4-,5+,9+/m0/s1. The number of anilines is 1. The van der Waals surface area contributed by atoms with Gasteiger partial charge in [-0.3, -0.25) is 9.36 Å². The first-order valence-electron chi connectivity index (χ1n) is 5.97. The molecule has 108 valence electrons. The number of nitrogen functional groups attached to an aromatic ring is 2. The van der Waals surface area contributed by atoms with Crippen LogP contribution in [0.5, 0.6) is 0 Å². The van der Waals surface area contributed by atoms with Gasteiger partial charge in [0.1, 0.15) is 6.10 Å². The molecule has 6 N–H and O–H groups in total. The largest absolute Gasteiger partial charge is 0.394 e. The molecule has 0 aliphatic carbocycles. The average molecular weight is 282 g/mol. The summed E-state index contributed by atoms with van der Waals surface area (Å²) in [7, 11) is 0. The molecule has 3 rings (SSSR count). The van der Waals surface area contributed by atoms with Gasteiger partial charge in [-0.1, -0.05) is 0 Å². The minimum atomic E-state index is -0.853. The number of nitrogens with zero attached hydrogens (tertiary/aromatic N) is 4. The highest BCUT2D eigenvalue weighted by Gasteiger charge is 2.36. The minimum absolute atomic E-state index is 0.0324. The van der Waals surface area contributed by atoms with E-state index in [1.54, 1.807) is 0 Å². The molecule has 3 heterocycles. The molecule has 2 aromatic heterocycles. The highest BCUT2D eigenvalue weighted by molar-refractivity contribution is 5.71. The van der Waals surface area contributed by atoms with Crippen LogP contribution in [0.1, 0.15) is 12.6 Å². The van der Waals surface area contributed by atoms with Gasteiger partial charge in [0, 0.05) is 6.42 Å². The molecular formula is C10H14N6O4. The van der Waals surface area contributed by atoms with Crippen LogP contribution in [-0.4, -0.2) is 48.2 Å². The van der Waals surface area contributed by atoms with Crippen LogP contribution in [0.25, 0.3) is 11.2 Å². The van der Waals surface area contributed by atoms with E-state index in [2.05, 4.69) is 9.97 Å². The van der Waals surface area contributed by atoms with Crippen LogP contribution in [0.4, 0.5) is 5.95 Å². The number of fused-ring (bicyclic) bond motifs is 1. The number of aliphatic hydroxyl groups excluding tert-OH is 2. The van der Waals surface area contributed by atoms with Gasteiger partial charge in [-0.15, -0.1) is 0 Å². The van der Waals surface area contributed by atoms with Gasteiger partial charge >= 0.3 is 5.56 Å². The smallest absolute Gasteiger partial charge is 0.302 e. The maximum Gasteiger partial charge on any atom is 0.302 e. The Labute approximate surface area is 112 Å². The van der Waals surface area contributed by atoms with Crippen molar-refractivity contribution in [1.29, 1.82) is 0 Å². The van der Waals surface area contributed by atoms with E-state index in [0.717, 1.165) is 4.68 Å². The molecule has 0 aromatic carbocycles. The van der Waals surface area contributed by atoms with Crippen LogP contribution in [0, 0.1) is 0 Å². The van der Waals surface area contributed by atoms with E-state index in [4.69, 9.17) is 21.4 Å². The lowest BCUT2D eigenvalue weighted by molar-refractivity contribution is -0.0488. The van der Waals surface area contributed by atoms with Crippen LogP contribution in [-0.2, 0) is 4.74 Å². The molecule has 1 fully saturated rings. The molecule has 10 nitrogen and oxygen atoms in total. The Bertz CT molecular complexity index is 710. The Hall–Kier alpha value is -2.17. The molecule has 0 spiro atoms. The predicted octanol–water partition coefficient (Wildman–Crippen LogP) is -2.47. The summed E-state index contributed by atoms with van der Waals surface area (Å²) in [4.78, 5) is 19.2. The molecule has 1 aliphatic rings. The van der Waals surface area contributed by atoms with E-state index in [0.29, 0.717) is 0 Å². The first-order chi connectivity index (χ1) is 9.52. The molecule has 3 atom stereocenters. The van der Waals surface area contributed by atoms with Gasteiger partial charge in [0.2, 0.25) is 5.95 Å². The number of nitrogens with two attached hydrogens (primary N) is 2. The molecule has 1 saturated heterocycles. The Morgan fingerprint density at radius 1 is 1.55 bits per heavy atom. The van der Waals surface area contributed by atoms with Gasteiger partial charge in [-0.2, -0.15) is 4.98 Å². The molecule has 0 bridgehead atoms. The number of aliphatic hydroxyl groups is 2. The second-order valence-electron chi connectivity index (χ2n) is 4.60. The van der Waals surface area contributed by atoms with Gasteiger partial charge < -0.3 is 26.5 Å². The summed E-state index contributed by atoms with van der Waals surface area (Å²) in [6, 6.07) is 0. The van der Waals surface area contributed by atoms with Crippen molar-refractivity contribution in [2.45, 2.75) is 24.9 Å². The second kappa shape index (κ2) is 4.44. The first kappa shape index (κ1) is 12.8. The van der Waals surface area contributed by atoms with Crippen molar-refractivity contribution in [2.75, 3.05) is 18.2 Å². The maximum atomic E-state index is 11.7. The van der Waals surface area contributed by atoms with Gasteiger partial charge in [0.15, 0.2) is 17.4 Å². The van der Waals surface area contributed by atoms with E-state index in [9.17, 15) is 9.90 Å². The van der Waals surface area contributed by atoms with Gasteiger partial charge in [0.25, 0.3) is 0 Å². The van der Waals surface area contributed by atoms with Crippen LogP contribution in [0.3, 0.4) is 0 Å². The minimum Gasteiger partial charge on any atom is -0.394 e. The van der Waals surface area contributed by atoms with Crippen molar-refractivity contribution in [1.82, 2.24) is 19.2 Å². The first-order valence-corrected chi connectivity index (χ1v) is 5.97. The van der Waals surface area contributed by atoms with Gasteiger partial charge in [0.05, 0.1) is 19.0 Å². The quantitative estimate of drug-likeness (QED) is 0.442. The van der Waals surface area contributed by atoms with E-state index < -0.39 is 24.0 Å². The Morgan fingerprint density at radius 3 is 2.95 bits per heavy atom. The number of aromatic nitrogens is 4. The third kappa shape index (κ3) is 1.73. The fourth-order valence-corrected chi connectivity index (χ4v) is 2.35. The summed E-state index contributed by atoms with van der Waals surface area (Å²) >= 11 is 0. The van der Waals surface area contributed by atoms with Crippen molar-refractivity contribution >= 4 is 17.1 Å². The van der Waals surface area contributed by atoms with Crippen molar-refractivity contribution in [2.24, 2.45) is 0 Å². The fraction of sp³-hybridized carbons (Fsp3) is 0.500. The van der Waals surface area contributed by atoms with Crippen LogP contribution in [0.2, 0.25) is 0 Å². The molecule has 0 radical (unpaired) electrons. The predicted molar refractivity (Wildman–Crippen MR) is 68.0 cm³/mol. The molecule has 0 saturated carbocycles. The molecule has 0 amide bonds. The topological polar surface area (TPSA) is 154 Å². The zero-order chi connectivity index (χ0) is 14.4. The maximum absolute atomic E-state index is 11.7. The third-order valence-corrected chi connectivity index (χ3v) is 3.30. The normalized spacial score (nSPS) is 26.4. The number of rotatable bonds is 2. The van der Waals surface area contributed by atoms with Crippen molar-refractivity contribution in [3.05, 3.63) is 16.7 Å². The lowest BCUT2D eigenvalue weighted by Crippen LogP contribution is -2.27. The summed E-state index contributed by atoms with van der Waals surface area (Å²) < 4.78 is 7.92. The van der Waals surface area contributed by atoms with E-state index in [1.807, 2.05) is 0 Å². The summed E-state index contributed by atoms with van der Waals surface area (Å²) in [5.74, 6) is 5.58. The van der Waals surface area contributed by atoms with Crippen molar-refractivity contribution in [3.8, 4) is 0 Å². The van der Waals surface area contributed by atoms with E-state index >= 15 is 0 Å². The molecule has 2 aromatic rings. The zero-order valence-corrected chi connectivity index (χ0v) is 10.4. The number of imidazole rings is 1. The SMILES string of the molecule is Nc1nc(=O)c2ncn([C@@H]3O[C@H](CO)C[C@H]3O)c2n1N. The highest BCUT2D eigenvalue weighted by Crippen LogP contribution is 2.30. The van der Waals surface area contributed by atoms with Crippen LogP contribution >= 0.6 is 0 Å². The molecular weight excluding hydrogens is 268 g/mol. The lowest BCUT2D eigenvalue weighted by Gasteiger charge is -2.18. The second-order valence-corrected chi connectivity index (χ2v) is 4.60. The zero-order valence-electron chi connectivity index (χ0n) is 10.4. The Kier molecular flexibility index (Phi) is 2.85. The number of ether oxygens (including phenoxy) is 1. The summed E-state index contributed by atoms with van der Waals surface area (Å²) in [6.45, 7) is -0.209. The summed E-state index contributed by atoms with van der Waals surface area (Å²) in [6.07, 6.45) is -0.535. The molecule has 0 unspecified atom stereocenters. The van der Waals surface area contributed by atoms with Crippen LogP contribution < -0.4 is 17.1 Å². The summed E-state index contributed by atoms with van der Waals surface area (Å²) in [5, 5.41) is 19.1. The fourth-order valence-electron chi connectivity index (χ4n) is 2.35. The Morgan fingerprint density at radius 2 is 2.30 bits per heavy atom. The van der Waals surface area contributed by atoms with Crippen molar-refractivity contribution < 1.29 is 14.9 Å². The molecule has 10 heteroatoms. The number of hydrogen-bond donors (Lipinski definition) is 4. The van der Waals surface area contributed by atoms with E-state index in [-0.39, 0.29) is 30.1 Å². The molecule has 20 heavy (non-hydrogen) atoms. The number of hydrogen-bond acceptors (Lipinski definition) is 8. The van der Waals surface area contributed by atoms with Gasteiger partial charge in [-0.05, 0) is 0 Å². The summed E-state index contributed by atoms with van der Waals surface area (Å²) in [5.41, 5.74) is 5.17. The average Bonchev–Trinajstić information content (AvgIpc) is 2.99.